The van der Waals surface area contributed by atoms with Crippen LogP contribution in [-0.4, -0.2) is 41.9 Å². The van der Waals surface area contributed by atoms with Gasteiger partial charge in [-0.1, -0.05) is 46.8 Å². The molecule has 0 aliphatic rings. The Morgan fingerprint density at radius 3 is 1.47 bits per heavy atom. The summed E-state index contributed by atoms with van der Waals surface area (Å²) in [5, 5.41) is 16.1. The summed E-state index contributed by atoms with van der Waals surface area (Å²) in [5.74, 6) is -0.827. The van der Waals surface area contributed by atoms with Crippen molar-refractivity contribution in [1.82, 2.24) is 30.0 Å². The fourth-order valence-corrected chi connectivity index (χ4v) is 2.83. The Bertz CT molecular complexity index is 1080. The van der Waals surface area contributed by atoms with Gasteiger partial charge in [0, 0.05) is 0 Å². The van der Waals surface area contributed by atoms with Crippen molar-refractivity contribution in [1.29, 1.82) is 0 Å². The molecule has 162 valence electrons. The molecular formula is C22H20N6O4. The van der Waals surface area contributed by atoms with E-state index in [0.29, 0.717) is 35.6 Å². The monoisotopic (exact) mass is 432 g/mol. The predicted octanol–water partition coefficient (Wildman–Crippen LogP) is 2.28. The van der Waals surface area contributed by atoms with E-state index in [1.54, 1.807) is 70.3 Å². The first-order chi connectivity index (χ1) is 15.7. The molecule has 4 rings (SSSR count). The van der Waals surface area contributed by atoms with Crippen molar-refractivity contribution in [3.05, 3.63) is 95.6 Å². The van der Waals surface area contributed by atoms with Gasteiger partial charge in [-0.15, -0.1) is 10.2 Å². The van der Waals surface area contributed by atoms with E-state index in [1.165, 1.54) is 0 Å². The second-order valence-corrected chi connectivity index (χ2v) is 6.83. The minimum atomic E-state index is -0.414. The number of nitrogens with zero attached hydrogens (tertiary/aromatic N) is 6. The summed E-state index contributed by atoms with van der Waals surface area (Å²) >= 11 is 0. The molecule has 32 heavy (non-hydrogen) atoms. The van der Waals surface area contributed by atoms with Gasteiger partial charge in [-0.3, -0.25) is 9.36 Å². The fraction of sp³-hybridized carbons (Fsp3) is 0.182. The molecule has 0 aliphatic carbocycles. The van der Waals surface area contributed by atoms with Crippen molar-refractivity contribution in [2.75, 3.05) is 0 Å². The van der Waals surface area contributed by atoms with Crippen molar-refractivity contribution in [3.63, 3.8) is 0 Å². The lowest BCUT2D eigenvalue weighted by Crippen LogP contribution is -2.08. The first-order valence-corrected chi connectivity index (χ1v) is 9.90. The molecule has 10 nitrogen and oxygen atoms in total. The Kier molecular flexibility index (Phi) is 6.61. The SMILES string of the molecule is O=C(OCc1cn(CCn2cc(COC(=O)c3ccccc3)nn2)nn1)c1ccccc1. The molecule has 0 unspecified atom stereocenters. The standard InChI is InChI=1S/C22H20N6O4/c29-21(17-7-3-1-4-8-17)31-15-19-13-27(25-23-19)11-12-28-14-20(24-26-28)16-32-22(30)18-9-5-2-6-10-18/h1-10,13-14H,11-12,15-16H2. The number of benzene rings is 2. The molecule has 0 atom stereocenters. The number of ether oxygens (including phenoxy) is 2. The third-order valence-electron chi connectivity index (χ3n) is 4.45. The van der Waals surface area contributed by atoms with Crippen LogP contribution in [0.2, 0.25) is 0 Å². The molecule has 2 aromatic heterocycles. The topological polar surface area (TPSA) is 114 Å². The zero-order valence-electron chi connectivity index (χ0n) is 17.1. The summed E-state index contributed by atoms with van der Waals surface area (Å²) in [7, 11) is 0. The van der Waals surface area contributed by atoms with Crippen LogP contribution < -0.4 is 0 Å². The largest absolute Gasteiger partial charge is 0.455 e. The van der Waals surface area contributed by atoms with Gasteiger partial charge in [-0.05, 0) is 24.3 Å². The van der Waals surface area contributed by atoms with Crippen LogP contribution in [0.15, 0.2) is 73.1 Å². The number of aromatic nitrogens is 6. The Hall–Kier alpha value is -4.34. The van der Waals surface area contributed by atoms with Crippen molar-refractivity contribution in [3.8, 4) is 0 Å². The van der Waals surface area contributed by atoms with Gasteiger partial charge < -0.3 is 9.47 Å². The van der Waals surface area contributed by atoms with Crippen LogP contribution in [0.4, 0.5) is 0 Å². The van der Waals surface area contributed by atoms with Gasteiger partial charge in [0.25, 0.3) is 0 Å². The number of carbonyl (C=O) groups excluding carboxylic acids is 2. The lowest BCUT2D eigenvalue weighted by Gasteiger charge is -2.02. The van der Waals surface area contributed by atoms with Crippen LogP contribution in [0.5, 0.6) is 0 Å². The maximum Gasteiger partial charge on any atom is 0.338 e. The normalized spacial score (nSPS) is 10.6. The van der Waals surface area contributed by atoms with E-state index < -0.39 is 11.9 Å². The van der Waals surface area contributed by atoms with E-state index in [-0.39, 0.29) is 13.2 Å². The van der Waals surface area contributed by atoms with Crippen molar-refractivity contribution in [2.45, 2.75) is 26.3 Å². The highest BCUT2D eigenvalue weighted by Crippen LogP contribution is 2.06. The zero-order valence-corrected chi connectivity index (χ0v) is 17.1. The van der Waals surface area contributed by atoms with E-state index in [9.17, 15) is 9.59 Å². The summed E-state index contributed by atoms with van der Waals surface area (Å²) in [6.45, 7) is 1.06. The highest BCUT2D eigenvalue weighted by molar-refractivity contribution is 5.89. The second kappa shape index (κ2) is 10.1. The maximum absolute atomic E-state index is 12.0. The van der Waals surface area contributed by atoms with Crippen LogP contribution in [0.1, 0.15) is 32.1 Å². The molecule has 4 aromatic rings. The molecule has 0 radical (unpaired) electrons. The van der Waals surface area contributed by atoms with E-state index >= 15 is 0 Å². The van der Waals surface area contributed by atoms with Gasteiger partial charge in [0.15, 0.2) is 0 Å². The summed E-state index contributed by atoms with van der Waals surface area (Å²) in [4.78, 5) is 24.0. The van der Waals surface area contributed by atoms with Crippen LogP contribution in [0.3, 0.4) is 0 Å². The van der Waals surface area contributed by atoms with Crippen molar-refractivity contribution >= 4 is 11.9 Å². The number of carbonyl (C=O) groups is 2. The zero-order chi connectivity index (χ0) is 22.2. The third kappa shape index (κ3) is 5.63. The summed E-state index contributed by atoms with van der Waals surface area (Å²) in [6.07, 6.45) is 3.41. The Morgan fingerprint density at radius 1 is 0.656 bits per heavy atom. The fourth-order valence-electron chi connectivity index (χ4n) is 2.83. The average Bonchev–Trinajstić information content (AvgIpc) is 3.50. The van der Waals surface area contributed by atoms with Gasteiger partial charge in [0.05, 0.1) is 36.6 Å². The van der Waals surface area contributed by atoms with Gasteiger partial charge in [0.2, 0.25) is 0 Å². The van der Waals surface area contributed by atoms with Crippen LogP contribution >= 0.6 is 0 Å². The quantitative estimate of drug-likeness (QED) is 0.370. The molecular weight excluding hydrogens is 412 g/mol. The molecule has 0 N–H and O–H groups in total. The number of rotatable bonds is 9. The Balaban J connectivity index is 1.22. The molecule has 2 aromatic carbocycles. The van der Waals surface area contributed by atoms with E-state index in [1.807, 2.05) is 12.1 Å². The molecule has 0 saturated carbocycles. The van der Waals surface area contributed by atoms with Gasteiger partial charge >= 0.3 is 11.9 Å². The van der Waals surface area contributed by atoms with Gasteiger partial charge in [0.1, 0.15) is 24.6 Å². The van der Waals surface area contributed by atoms with Gasteiger partial charge in [-0.25, -0.2) is 9.59 Å². The lowest BCUT2D eigenvalue weighted by atomic mass is 10.2. The highest BCUT2D eigenvalue weighted by Gasteiger charge is 2.10. The predicted molar refractivity (Wildman–Crippen MR) is 111 cm³/mol. The Labute approximate surface area is 183 Å². The van der Waals surface area contributed by atoms with Crippen LogP contribution in [0, 0.1) is 0 Å². The van der Waals surface area contributed by atoms with E-state index in [0.717, 1.165) is 0 Å². The summed E-state index contributed by atoms with van der Waals surface area (Å²) in [6, 6.07) is 17.5. The summed E-state index contributed by atoms with van der Waals surface area (Å²) < 4.78 is 13.8. The minimum absolute atomic E-state index is 0.0357. The first-order valence-electron chi connectivity index (χ1n) is 9.90. The smallest absolute Gasteiger partial charge is 0.338 e. The molecule has 0 fully saturated rings. The molecule has 10 heteroatoms. The van der Waals surface area contributed by atoms with Gasteiger partial charge in [-0.2, -0.15) is 0 Å². The minimum Gasteiger partial charge on any atom is -0.455 e. The maximum atomic E-state index is 12.0. The highest BCUT2D eigenvalue weighted by atomic mass is 16.5. The molecule has 0 amide bonds. The second-order valence-electron chi connectivity index (χ2n) is 6.83. The van der Waals surface area contributed by atoms with E-state index in [4.69, 9.17) is 9.47 Å². The molecule has 0 saturated heterocycles. The number of hydrogen-bond acceptors (Lipinski definition) is 8. The van der Waals surface area contributed by atoms with Crippen molar-refractivity contribution in [2.24, 2.45) is 0 Å². The molecule has 0 aliphatic heterocycles. The number of esters is 2. The number of hydrogen-bond donors (Lipinski definition) is 0. The Morgan fingerprint density at radius 2 is 1.06 bits per heavy atom. The van der Waals surface area contributed by atoms with Crippen molar-refractivity contribution < 1.29 is 19.1 Å². The molecule has 2 heterocycles. The number of aryl methyl sites for hydroxylation is 2. The van der Waals surface area contributed by atoms with E-state index in [2.05, 4.69) is 20.6 Å². The third-order valence-corrected chi connectivity index (χ3v) is 4.45. The lowest BCUT2D eigenvalue weighted by molar-refractivity contribution is 0.0459. The van der Waals surface area contributed by atoms with Crippen LogP contribution in [-0.2, 0) is 35.8 Å². The molecule has 0 spiro atoms. The van der Waals surface area contributed by atoms with Crippen LogP contribution in [0.25, 0.3) is 0 Å². The summed E-state index contributed by atoms with van der Waals surface area (Å²) in [5.41, 5.74) is 2.05. The molecule has 0 bridgehead atoms. The average molecular weight is 432 g/mol. The first kappa shape index (κ1) is 20.9.